The van der Waals surface area contributed by atoms with Gasteiger partial charge in [-0.05, 0) is 30.9 Å². The first-order valence-electron chi connectivity index (χ1n) is 7.70. The second kappa shape index (κ2) is 8.54. The highest BCUT2D eigenvalue weighted by Gasteiger charge is 2.14. The maximum absolute atomic E-state index is 11.8. The molecule has 0 atom stereocenters. The molecule has 0 aliphatic heterocycles. The summed E-state index contributed by atoms with van der Waals surface area (Å²) in [5.41, 5.74) is 0. The van der Waals surface area contributed by atoms with Crippen molar-refractivity contribution >= 4 is 34.6 Å². The van der Waals surface area contributed by atoms with Crippen LogP contribution in [0.4, 0.5) is 0 Å². The van der Waals surface area contributed by atoms with Crippen LogP contribution >= 0.6 is 22.9 Å². The molecule has 0 spiro atoms. The summed E-state index contributed by atoms with van der Waals surface area (Å²) in [7, 11) is 0. The van der Waals surface area contributed by atoms with Crippen molar-refractivity contribution < 1.29 is 9.59 Å². The van der Waals surface area contributed by atoms with Crippen LogP contribution in [0.25, 0.3) is 0 Å². The van der Waals surface area contributed by atoms with Gasteiger partial charge in [-0.15, -0.1) is 11.3 Å². The zero-order chi connectivity index (χ0) is 15.1. The second-order valence-electron chi connectivity index (χ2n) is 5.67. The van der Waals surface area contributed by atoms with E-state index in [-0.39, 0.29) is 24.5 Å². The predicted molar refractivity (Wildman–Crippen MR) is 87.1 cm³/mol. The molecule has 3 nitrogen and oxygen atoms in total. The van der Waals surface area contributed by atoms with E-state index in [0.29, 0.717) is 9.21 Å². The van der Waals surface area contributed by atoms with E-state index in [1.807, 2.05) is 0 Å². The number of rotatable bonds is 8. The Kier molecular flexibility index (Phi) is 6.71. The van der Waals surface area contributed by atoms with Gasteiger partial charge in [0, 0.05) is 19.4 Å². The summed E-state index contributed by atoms with van der Waals surface area (Å²) in [6.07, 6.45) is 8.22. The lowest BCUT2D eigenvalue weighted by Gasteiger charge is -2.09. The van der Waals surface area contributed by atoms with Gasteiger partial charge in [0.1, 0.15) is 0 Å². The molecule has 1 heterocycles. The third-order valence-corrected chi connectivity index (χ3v) is 5.29. The van der Waals surface area contributed by atoms with Crippen LogP contribution in [0, 0.1) is 5.92 Å². The Labute approximate surface area is 135 Å². The van der Waals surface area contributed by atoms with Gasteiger partial charge < -0.3 is 5.32 Å². The molecule has 2 rings (SSSR count). The van der Waals surface area contributed by atoms with Crippen LogP contribution in [0.2, 0.25) is 4.34 Å². The van der Waals surface area contributed by atoms with Gasteiger partial charge in [-0.3, -0.25) is 9.59 Å². The Bertz CT molecular complexity index is 480. The van der Waals surface area contributed by atoms with Gasteiger partial charge in [-0.2, -0.15) is 0 Å². The number of nitrogens with one attached hydrogen (secondary N) is 1. The quantitative estimate of drug-likeness (QED) is 0.566. The smallest absolute Gasteiger partial charge is 0.220 e. The minimum absolute atomic E-state index is 0.00648. The summed E-state index contributed by atoms with van der Waals surface area (Å²) >= 11 is 7.06. The first-order chi connectivity index (χ1) is 10.1. The highest BCUT2D eigenvalue weighted by Crippen LogP contribution is 2.28. The van der Waals surface area contributed by atoms with E-state index < -0.39 is 0 Å². The summed E-state index contributed by atoms with van der Waals surface area (Å²) in [5, 5.41) is 2.90. The van der Waals surface area contributed by atoms with Gasteiger partial charge in [0.15, 0.2) is 5.78 Å². The van der Waals surface area contributed by atoms with Crippen molar-refractivity contribution in [3.63, 3.8) is 0 Å². The Hall–Kier alpha value is -0.870. The van der Waals surface area contributed by atoms with Crippen LogP contribution in [-0.2, 0) is 4.79 Å². The number of hydrogen-bond acceptors (Lipinski definition) is 3. The molecule has 1 aromatic rings. The van der Waals surface area contributed by atoms with Gasteiger partial charge in [0.25, 0.3) is 0 Å². The molecular weight excluding hydrogens is 306 g/mol. The molecule has 5 heteroatoms. The lowest BCUT2D eigenvalue weighted by atomic mass is 10.0. The molecule has 0 unspecified atom stereocenters. The average Bonchev–Trinajstić information content (AvgIpc) is 3.12. The summed E-state index contributed by atoms with van der Waals surface area (Å²) < 4.78 is 0.606. The van der Waals surface area contributed by atoms with Crippen LogP contribution < -0.4 is 5.32 Å². The number of hydrogen-bond donors (Lipinski definition) is 1. The number of thiophene rings is 1. The second-order valence-corrected chi connectivity index (χ2v) is 7.38. The van der Waals surface area contributed by atoms with E-state index in [0.717, 1.165) is 18.9 Å². The molecule has 0 bridgehead atoms. The zero-order valence-corrected chi connectivity index (χ0v) is 13.8. The Morgan fingerprint density at radius 1 is 1.24 bits per heavy atom. The van der Waals surface area contributed by atoms with Crippen molar-refractivity contribution in [1.29, 1.82) is 0 Å². The molecule has 1 aromatic heterocycles. The lowest BCUT2D eigenvalue weighted by molar-refractivity contribution is -0.121. The molecule has 0 saturated heterocycles. The summed E-state index contributed by atoms with van der Waals surface area (Å²) in [4.78, 5) is 24.2. The molecule has 0 radical (unpaired) electrons. The van der Waals surface area contributed by atoms with Gasteiger partial charge >= 0.3 is 0 Å². The Morgan fingerprint density at radius 2 is 2.00 bits per heavy atom. The summed E-state index contributed by atoms with van der Waals surface area (Å²) in [6.45, 7) is 0.731. The highest BCUT2D eigenvalue weighted by molar-refractivity contribution is 7.18. The van der Waals surface area contributed by atoms with Gasteiger partial charge in [-0.1, -0.05) is 37.3 Å². The largest absolute Gasteiger partial charge is 0.356 e. The summed E-state index contributed by atoms with van der Waals surface area (Å²) in [5.74, 6) is 0.831. The fourth-order valence-electron chi connectivity index (χ4n) is 2.82. The first-order valence-corrected chi connectivity index (χ1v) is 8.90. The molecule has 1 fully saturated rings. The van der Waals surface area contributed by atoms with Gasteiger partial charge in [-0.25, -0.2) is 0 Å². The fourth-order valence-corrected chi connectivity index (χ4v) is 3.83. The fraction of sp³-hybridized carbons (Fsp3) is 0.625. The SMILES string of the molecule is O=C(CCC(=O)c1ccc(Cl)s1)NCCCC1CCCC1. The third kappa shape index (κ3) is 5.79. The van der Waals surface area contributed by atoms with E-state index in [1.165, 1.54) is 43.4 Å². The molecule has 21 heavy (non-hydrogen) atoms. The molecule has 1 aliphatic carbocycles. The molecule has 116 valence electrons. The normalized spacial score (nSPS) is 15.3. The highest BCUT2D eigenvalue weighted by atomic mass is 35.5. The molecule has 1 N–H and O–H groups in total. The predicted octanol–water partition coefficient (Wildman–Crippen LogP) is 4.45. The van der Waals surface area contributed by atoms with Gasteiger partial charge in [0.2, 0.25) is 5.91 Å². The van der Waals surface area contributed by atoms with Crippen molar-refractivity contribution in [2.45, 2.75) is 51.4 Å². The van der Waals surface area contributed by atoms with Crippen molar-refractivity contribution in [3.8, 4) is 0 Å². The molecule has 1 saturated carbocycles. The number of Topliss-reactive ketones (excluding diaryl/α,β-unsaturated/α-hetero) is 1. The molecule has 0 aromatic carbocycles. The zero-order valence-electron chi connectivity index (χ0n) is 12.2. The Balaban J connectivity index is 1.55. The third-order valence-electron chi connectivity index (χ3n) is 4.01. The van der Waals surface area contributed by atoms with Gasteiger partial charge in [0.05, 0.1) is 9.21 Å². The number of halogens is 1. The standard InChI is InChI=1S/C16H22ClNO2S/c17-15-9-8-14(21-15)13(19)7-10-16(20)18-11-3-6-12-4-1-2-5-12/h8-9,12H,1-7,10-11H2,(H,18,20). The lowest BCUT2D eigenvalue weighted by Crippen LogP contribution is -2.25. The van der Waals surface area contributed by atoms with E-state index in [4.69, 9.17) is 11.6 Å². The van der Waals surface area contributed by atoms with E-state index in [2.05, 4.69) is 5.32 Å². The van der Waals surface area contributed by atoms with Crippen molar-refractivity contribution in [2.75, 3.05) is 6.54 Å². The number of ketones is 1. The average molecular weight is 328 g/mol. The molecule has 1 aliphatic rings. The minimum atomic E-state index is -0.0302. The molecular formula is C16H22ClNO2S. The van der Waals surface area contributed by atoms with Crippen molar-refractivity contribution in [3.05, 3.63) is 21.3 Å². The van der Waals surface area contributed by atoms with E-state index >= 15 is 0 Å². The first kappa shape index (κ1) is 16.5. The van der Waals surface area contributed by atoms with Crippen molar-refractivity contribution in [1.82, 2.24) is 5.32 Å². The van der Waals surface area contributed by atoms with Crippen molar-refractivity contribution in [2.24, 2.45) is 5.92 Å². The monoisotopic (exact) mass is 327 g/mol. The number of amides is 1. The topological polar surface area (TPSA) is 46.2 Å². The maximum atomic E-state index is 11.8. The minimum Gasteiger partial charge on any atom is -0.356 e. The van der Waals surface area contributed by atoms with Crippen LogP contribution in [0.3, 0.4) is 0 Å². The van der Waals surface area contributed by atoms with Crippen LogP contribution in [0.15, 0.2) is 12.1 Å². The van der Waals surface area contributed by atoms with Crippen LogP contribution in [0.1, 0.15) is 61.0 Å². The van der Waals surface area contributed by atoms with E-state index in [9.17, 15) is 9.59 Å². The summed E-state index contributed by atoms with van der Waals surface area (Å²) in [6, 6.07) is 3.43. The van der Waals surface area contributed by atoms with Crippen LogP contribution in [0.5, 0.6) is 0 Å². The maximum Gasteiger partial charge on any atom is 0.220 e. The Morgan fingerprint density at radius 3 is 2.67 bits per heavy atom. The number of carbonyl (C=O) groups excluding carboxylic acids is 2. The molecule has 1 amide bonds. The van der Waals surface area contributed by atoms with Crippen LogP contribution in [-0.4, -0.2) is 18.2 Å². The number of carbonyl (C=O) groups is 2. The van der Waals surface area contributed by atoms with E-state index in [1.54, 1.807) is 12.1 Å².